The van der Waals surface area contributed by atoms with Crippen LogP contribution < -0.4 is 10.2 Å². The van der Waals surface area contributed by atoms with Gasteiger partial charge in [-0.2, -0.15) is 5.10 Å². The minimum absolute atomic E-state index is 0.0479. The van der Waals surface area contributed by atoms with Crippen molar-refractivity contribution < 1.29 is 9.53 Å². The van der Waals surface area contributed by atoms with Gasteiger partial charge in [0.15, 0.2) is 6.61 Å². The third-order valence-corrected chi connectivity index (χ3v) is 6.05. The van der Waals surface area contributed by atoms with Crippen LogP contribution in [0.2, 0.25) is 0 Å². The predicted molar refractivity (Wildman–Crippen MR) is 133 cm³/mol. The summed E-state index contributed by atoms with van der Waals surface area (Å²) in [5.41, 5.74) is 5.66. The van der Waals surface area contributed by atoms with Crippen molar-refractivity contribution in [2.45, 2.75) is 12.8 Å². The molecular weight excluding hydrogens is 464 g/mol. The highest BCUT2D eigenvalue weighted by Gasteiger charge is 2.18. The smallest absolute Gasteiger partial charge is 0.277 e. The molecule has 0 aliphatic rings. The van der Waals surface area contributed by atoms with Crippen molar-refractivity contribution in [1.82, 2.24) is 5.43 Å². The van der Waals surface area contributed by atoms with E-state index in [0.29, 0.717) is 5.75 Å². The third-order valence-electron chi connectivity index (χ3n) is 5.23. The second-order valence-electron chi connectivity index (χ2n) is 7.43. The molecule has 32 heavy (non-hydrogen) atoms. The van der Waals surface area contributed by atoms with E-state index >= 15 is 0 Å². The van der Waals surface area contributed by atoms with Crippen LogP contribution in [0.3, 0.4) is 0 Å². The van der Waals surface area contributed by atoms with Gasteiger partial charge in [-0.1, -0.05) is 91.0 Å². The summed E-state index contributed by atoms with van der Waals surface area (Å²) < 4.78 is 6.57. The van der Waals surface area contributed by atoms with E-state index in [2.05, 4.69) is 50.7 Å². The second kappa shape index (κ2) is 10.2. The van der Waals surface area contributed by atoms with Crippen LogP contribution in [0.5, 0.6) is 5.75 Å². The number of nitrogens with one attached hydrogen (secondary N) is 1. The van der Waals surface area contributed by atoms with E-state index in [1.165, 1.54) is 0 Å². The summed E-state index contributed by atoms with van der Waals surface area (Å²) in [6.07, 6.45) is 0. The highest BCUT2D eigenvalue weighted by molar-refractivity contribution is 9.10. The lowest BCUT2D eigenvalue weighted by atomic mass is 9.88. The number of nitrogens with zero attached hydrogens (tertiary/aromatic N) is 1. The number of benzene rings is 4. The van der Waals surface area contributed by atoms with Crippen molar-refractivity contribution in [2.75, 3.05) is 6.61 Å². The Kier molecular flexibility index (Phi) is 6.97. The zero-order valence-corrected chi connectivity index (χ0v) is 19.2. The van der Waals surface area contributed by atoms with Crippen LogP contribution in [0.15, 0.2) is 107 Å². The lowest BCUT2D eigenvalue weighted by molar-refractivity contribution is -0.123. The van der Waals surface area contributed by atoms with Gasteiger partial charge in [0, 0.05) is 11.6 Å². The molecule has 0 bridgehead atoms. The van der Waals surface area contributed by atoms with Crippen molar-refractivity contribution in [2.24, 2.45) is 5.10 Å². The highest BCUT2D eigenvalue weighted by atomic mass is 79.9. The van der Waals surface area contributed by atoms with Crippen molar-refractivity contribution in [3.8, 4) is 5.75 Å². The molecule has 0 aliphatic heterocycles. The Hall–Kier alpha value is -3.44. The van der Waals surface area contributed by atoms with E-state index < -0.39 is 0 Å². The van der Waals surface area contributed by atoms with Crippen LogP contribution in [0, 0.1) is 0 Å². The first-order valence-electron chi connectivity index (χ1n) is 10.4. The Morgan fingerprint density at radius 3 is 2.12 bits per heavy atom. The maximum absolute atomic E-state index is 12.4. The molecule has 0 fully saturated rings. The van der Waals surface area contributed by atoms with Gasteiger partial charge < -0.3 is 4.74 Å². The summed E-state index contributed by atoms with van der Waals surface area (Å²) in [5.74, 6) is 0.253. The molecule has 4 rings (SSSR count). The van der Waals surface area contributed by atoms with Gasteiger partial charge in [-0.05, 0) is 50.8 Å². The third kappa shape index (κ3) is 5.06. The molecule has 0 heterocycles. The molecule has 5 heteroatoms. The number of amides is 1. The Bertz CT molecular complexity index is 1200. The van der Waals surface area contributed by atoms with Crippen LogP contribution in [0.25, 0.3) is 10.8 Å². The standard InChI is InChI=1S/C27H23BrN2O2/c1-19(26(21-11-4-2-5-12-21)22-13-6-3-7-14-22)29-30-25(31)18-32-24-17-16-20-10-8-9-15-23(20)27(24)28/h2-17,26H,18H2,1H3,(H,30,31)/b29-19+. The fourth-order valence-electron chi connectivity index (χ4n) is 3.68. The lowest BCUT2D eigenvalue weighted by Crippen LogP contribution is -2.26. The molecule has 0 spiro atoms. The first kappa shape index (κ1) is 21.8. The van der Waals surface area contributed by atoms with Crippen LogP contribution >= 0.6 is 15.9 Å². The van der Waals surface area contributed by atoms with E-state index in [4.69, 9.17) is 4.74 Å². The zero-order chi connectivity index (χ0) is 22.3. The van der Waals surface area contributed by atoms with E-state index in [0.717, 1.165) is 32.1 Å². The molecule has 4 aromatic rings. The van der Waals surface area contributed by atoms with Gasteiger partial charge in [-0.25, -0.2) is 5.43 Å². The molecule has 0 aromatic heterocycles. The predicted octanol–water partition coefficient (Wildman–Crippen LogP) is 6.31. The normalized spacial score (nSPS) is 11.5. The van der Waals surface area contributed by atoms with E-state index in [-0.39, 0.29) is 18.4 Å². The summed E-state index contributed by atoms with van der Waals surface area (Å²) in [6.45, 7) is 1.79. The largest absolute Gasteiger partial charge is 0.483 e. The summed E-state index contributed by atoms with van der Waals surface area (Å²) in [6, 6.07) is 32.1. The molecule has 0 saturated carbocycles. The van der Waals surface area contributed by atoms with Gasteiger partial charge in [0.25, 0.3) is 5.91 Å². The quantitative estimate of drug-likeness (QED) is 0.246. The fraction of sp³-hybridized carbons (Fsp3) is 0.111. The monoisotopic (exact) mass is 486 g/mol. The summed E-state index contributed by atoms with van der Waals surface area (Å²) in [7, 11) is 0. The number of carbonyl (C=O) groups is 1. The number of hydrazone groups is 1. The van der Waals surface area contributed by atoms with Crippen LogP contribution in [0.1, 0.15) is 24.0 Å². The number of rotatable bonds is 7. The molecule has 0 unspecified atom stereocenters. The average molecular weight is 487 g/mol. The first-order chi connectivity index (χ1) is 15.6. The van der Waals surface area contributed by atoms with Crippen molar-refractivity contribution in [3.63, 3.8) is 0 Å². The minimum Gasteiger partial charge on any atom is -0.483 e. The summed E-state index contributed by atoms with van der Waals surface area (Å²) in [5, 5.41) is 6.52. The molecule has 1 amide bonds. The topological polar surface area (TPSA) is 50.7 Å². The molecule has 4 nitrogen and oxygen atoms in total. The van der Waals surface area contributed by atoms with E-state index in [9.17, 15) is 4.79 Å². The van der Waals surface area contributed by atoms with Gasteiger partial charge >= 0.3 is 0 Å². The van der Waals surface area contributed by atoms with Gasteiger partial charge in [-0.3, -0.25) is 4.79 Å². The maximum atomic E-state index is 12.4. The first-order valence-corrected chi connectivity index (χ1v) is 11.2. The number of hydrogen-bond acceptors (Lipinski definition) is 3. The van der Waals surface area contributed by atoms with E-state index in [1.807, 2.05) is 79.7 Å². The second-order valence-corrected chi connectivity index (χ2v) is 8.22. The number of fused-ring (bicyclic) bond motifs is 1. The van der Waals surface area contributed by atoms with Gasteiger partial charge in [0.05, 0.1) is 4.47 Å². The van der Waals surface area contributed by atoms with Crippen molar-refractivity contribution >= 4 is 38.3 Å². The number of ether oxygens (including phenoxy) is 1. The van der Waals surface area contributed by atoms with Gasteiger partial charge in [0.1, 0.15) is 5.75 Å². The lowest BCUT2D eigenvalue weighted by Gasteiger charge is -2.18. The zero-order valence-electron chi connectivity index (χ0n) is 17.7. The summed E-state index contributed by atoms with van der Waals surface area (Å²) in [4.78, 5) is 12.4. The van der Waals surface area contributed by atoms with Crippen LogP contribution in [0.4, 0.5) is 0 Å². The molecule has 4 aromatic carbocycles. The van der Waals surface area contributed by atoms with Crippen LogP contribution in [-0.2, 0) is 4.79 Å². The Balaban J connectivity index is 1.46. The van der Waals surface area contributed by atoms with Crippen molar-refractivity contribution in [3.05, 3.63) is 113 Å². The van der Waals surface area contributed by atoms with E-state index in [1.54, 1.807) is 0 Å². The maximum Gasteiger partial charge on any atom is 0.277 e. The Labute approximate surface area is 196 Å². The van der Waals surface area contributed by atoms with Gasteiger partial charge in [0.2, 0.25) is 0 Å². The molecular formula is C27H23BrN2O2. The molecule has 160 valence electrons. The van der Waals surface area contributed by atoms with Crippen LogP contribution in [-0.4, -0.2) is 18.2 Å². The molecule has 0 radical (unpaired) electrons. The Morgan fingerprint density at radius 2 is 1.47 bits per heavy atom. The highest BCUT2D eigenvalue weighted by Crippen LogP contribution is 2.33. The molecule has 0 aliphatic carbocycles. The number of carbonyl (C=O) groups excluding carboxylic acids is 1. The minimum atomic E-state index is -0.315. The molecule has 1 N–H and O–H groups in total. The number of halogens is 1. The Morgan fingerprint density at radius 1 is 0.875 bits per heavy atom. The number of hydrogen-bond donors (Lipinski definition) is 1. The van der Waals surface area contributed by atoms with Gasteiger partial charge in [-0.15, -0.1) is 0 Å². The molecule has 0 atom stereocenters. The SMILES string of the molecule is C/C(=N\NC(=O)COc1ccc2ccccc2c1Br)C(c1ccccc1)c1ccccc1. The summed E-state index contributed by atoms with van der Waals surface area (Å²) >= 11 is 3.58. The van der Waals surface area contributed by atoms with Crippen molar-refractivity contribution in [1.29, 1.82) is 0 Å². The average Bonchev–Trinajstić information content (AvgIpc) is 2.84. The fourth-order valence-corrected chi connectivity index (χ4v) is 4.29. The molecule has 0 saturated heterocycles.